The SMILES string of the molecule is CN(CCCCCCl)C(=O)Cc1c(F)cccc1Cl. The van der Waals surface area contributed by atoms with Gasteiger partial charge in [0.25, 0.3) is 0 Å². The van der Waals surface area contributed by atoms with Gasteiger partial charge < -0.3 is 4.90 Å². The van der Waals surface area contributed by atoms with Crippen molar-refractivity contribution in [1.29, 1.82) is 0 Å². The third kappa shape index (κ3) is 5.37. The van der Waals surface area contributed by atoms with Gasteiger partial charge in [0.1, 0.15) is 5.82 Å². The zero-order chi connectivity index (χ0) is 14.3. The Bertz CT molecular complexity index is 406. The monoisotopic (exact) mass is 305 g/mol. The molecule has 0 bridgehead atoms. The van der Waals surface area contributed by atoms with Crippen molar-refractivity contribution in [2.24, 2.45) is 0 Å². The van der Waals surface area contributed by atoms with Crippen LogP contribution in [0.1, 0.15) is 24.8 Å². The molecule has 0 spiro atoms. The lowest BCUT2D eigenvalue weighted by Gasteiger charge is -2.17. The van der Waals surface area contributed by atoms with E-state index in [9.17, 15) is 9.18 Å². The van der Waals surface area contributed by atoms with E-state index in [4.69, 9.17) is 23.2 Å². The summed E-state index contributed by atoms with van der Waals surface area (Å²) >= 11 is 11.5. The Hall–Kier alpha value is -0.800. The number of hydrogen-bond acceptors (Lipinski definition) is 1. The molecular weight excluding hydrogens is 288 g/mol. The molecule has 0 heterocycles. The van der Waals surface area contributed by atoms with Crippen LogP contribution in [0, 0.1) is 5.82 Å². The third-order valence-electron chi connectivity index (χ3n) is 2.94. The Morgan fingerprint density at radius 3 is 2.68 bits per heavy atom. The Kier molecular flexibility index (Phi) is 7.17. The predicted octanol–water partition coefficient (Wildman–Crippen LogP) is 3.89. The molecule has 0 atom stereocenters. The molecule has 0 aliphatic heterocycles. The maximum atomic E-state index is 13.6. The standard InChI is InChI=1S/C14H18Cl2FNO/c1-18(9-4-2-3-8-15)14(19)10-11-12(16)6-5-7-13(11)17/h5-7H,2-4,8-10H2,1H3. The first-order valence-corrected chi connectivity index (χ1v) is 7.20. The number of rotatable bonds is 7. The average Bonchev–Trinajstić information content (AvgIpc) is 2.38. The number of carbonyl (C=O) groups is 1. The minimum Gasteiger partial charge on any atom is -0.345 e. The van der Waals surface area contributed by atoms with Crippen LogP contribution in [0.5, 0.6) is 0 Å². The largest absolute Gasteiger partial charge is 0.345 e. The summed E-state index contributed by atoms with van der Waals surface area (Å²) in [5.74, 6) is 0.0805. The van der Waals surface area contributed by atoms with Crippen LogP contribution in [0.25, 0.3) is 0 Å². The van der Waals surface area contributed by atoms with Crippen LogP contribution in [-0.4, -0.2) is 30.3 Å². The first-order valence-electron chi connectivity index (χ1n) is 6.29. The molecule has 1 aromatic carbocycles. The zero-order valence-corrected chi connectivity index (χ0v) is 12.5. The van der Waals surface area contributed by atoms with Crippen molar-refractivity contribution in [3.63, 3.8) is 0 Å². The fraction of sp³-hybridized carbons (Fsp3) is 0.500. The molecule has 0 fully saturated rings. The van der Waals surface area contributed by atoms with E-state index in [1.54, 1.807) is 18.0 Å². The number of nitrogens with zero attached hydrogens (tertiary/aromatic N) is 1. The van der Waals surface area contributed by atoms with E-state index in [2.05, 4.69) is 0 Å². The van der Waals surface area contributed by atoms with Crippen LogP contribution in [-0.2, 0) is 11.2 Å². The van der Waals surface area contributed by atoms with Gasteiger partial charge >= 0.3 is 0 Å². The molecular formula is C14H18Cl2FNO. The molecule has 0 unspecified atom stereocenters. The zero-order valence-electron chi connectivity index (χ0n) is 11.0. The topological polar surface area (TPSA) is 20.3 Å². The van der Waals surface area contributed by atoms with Gasteiger partial charge in [-0.25, -0.2) is 4.39 Å². The lowest BCUT2D eigenvalue weighted by Crippen LogP contribution is -2.29. The first kappa shape index (κ1) is 16.3. The number of likely N-dealkylation sites (N-methyl/N-ethyl adjacent to an activating group) is 1. The Morgan fingerprint density at radius 2 is 2.05 bits per heavy atom. The summed E-state index contributed by atoms with van der Waals surface area (Å²) in [5.41, 5.74) is 0.266. The van der Waals surface area contributed by atoms with Crippen LogP contribution >= 0.6 is 23.2 Å². The maximum absolute atomic E-state index is 13.6. The molecule has 0 saturated carbocycles. The molecule has 2 nitrogen and oxygen atoms in total. The maximum Gasteiger partial charge on any atom is 0.226 e. The van der Waals surface area contributed by atoms with Crippen molar-refractivity contribution in [2.45, 2.75) is 25.7 Å². The fourth-order valence-corrected chi connectivity index (χ4v) is 2.15. The van der Waals surface area contributed by atoms with E-state index in [0.29, 0.717) is 17.4 Å². The Morgan fingerprint density at radius 1 is 1.32 bits per heavy atom. The highest BCUT2D eigenvalue weighted by Crippen LogP contribution is 2.20. The van der Waals surface area contributed by atoms with Crippen LogP contribution in [0.4, 0.5) is 4.39 Å². The van der Waals surface area contributed by atoms with E-state index in [0.717, 1.165) is 19.3 Å². The molecule has 19 heavy (non-hydrogen) atoms. The molecule has 0 saturated heterocycles. The molecule has 106 valence electrons. The summed E-state index contributed by atoms with van der Waals surface area (Å²) in [5, 5.41) is 0.295. The van der Waals surface area contributed by atoms with Gasteiger partial charge in [-0.3, -0.25) is 4.79 Å². The van der Waals surface area contributed by atoms with Gasteiger partial charge in [-0.15, -0.1) is 11.6 Å². The molecule has 0 N–H and O–H groups in total. The number of carbonyl (C=O) groups excluding carboxylic acids is 1. The Balaban J connectivity index is 2.50. The highest BCUT2D eigenvalue weighted by molar-refractivity contribution is 6.31. The van der Waals surface area contributed by atoms with E-state index in [1.807, 2.05) is 0 Å². The van der Waals surface area contributed by atoms with Gasteiger partial charge in [0, 0.05) is 30.1 Å². The average molecular weight is 306 g/mol. The normalized spacial score (nSPS) is 10.5. The summed E-state index contributed by atoms with van der Waals surface area (Å²) in [6, 6.07) is 4.43. The molecule has 0 radical (unpaired) electrons. The van der Waals surface area contributed by atoms with E-state index >= 15 is 0 Å². The lowest BCUT2D eigenvalue weighted by atomic mass is 10.1. The van der Waals surface area contributed by atoms with E-state index in [1.165, 1.54) is 12.1 Å². The van der Waals surface area contributed by atoms with Crippen molar-refractivity contribution in [2.75, 3.05) is 19.5 Å². The molecule has 0 aliphatic rings. The smallest absolute Gasteiger partial charge is 0.226 e. The third-order valence-corrected chi connectivity index (χ3v) is 3.56. The fourth-order valence-electron chi connectivity index (χ4n) is 1.73. The highest BCUT2D eigenvalue weighted by Gasteiger charge is 2.14. The molecule has 1 rings (SSSR count). The molecule has 1 amide bonds. The van der Waals surface area contributed by atoms with Crippen molar-refractivity contribution in [3.05, 3.63) is 34.6 Å². The van der Waals surface area contributed by atoms with Gasteiger partial charge in [-0.05, 0) is 25.0 Å². The minimum atomic E-state index is -0.434. The summed E-state index contributed by atoms with van der Waals surface area (Å²) in [4.78, 5) is 13.6. The molecule has 5 heteroatoms. The molecule has 1 aromatic rings. The summed E-state index contributed by atoms with van der Waals surface area (Å²) < 4.78 is 13.6. The number of alkyl halides is 1. The van der Waals surface area contributed by atoms with E-state index in [-0.39, 0.29) is 17.9 Å². The highest BCUT2D eigenvalue weighted by atomic mass is 35.5. The van der Waals surface area contributed by atoms with E-state index < -0.39 is 5.82 Å². The molecule has 0 aliphatic carbocycles. The number of halogens is 3. The minimum absolute atomic E-state index is 0.00247. The van der Waals surface area contributed by atoms with Gasteiger partial charge in [-0.1, -0.05) is 24.1 Å². The van der Waals surface area contributed by atoms with Crippen LogP contribution in [0.15, 0.2) is 18.2 Å². The quantitative estimate of drug-likeness (QED) is 0.553. The van der Waals surface area contributed by atoms with Crippen LogP contribution in [0.2, 0.25) is 5.02 Å². The van der Waals surface area contributed by atoms with Crippen LogP contribution < -0.4 is 0 Å². The van der Waals surface area contributed by atoms with Gasteiger partial charge in [0.05, 0.1) is 6.42 Å². The first-order chi connectivity index (χ1) is 9.06. The summed E-state index contributed by atoms with van der Waals surface area (Å²) in [6.07, 6.45) is 2.84. The second-order valence-corrected chi connectivity index (χ2v) is 5.23. The summed E-state index contributed by atoms with van der Waals surface area (Å²) in [7, 11) is 1.72. The van der Waals surface area contributed by atoms with Gasteiger partial charge in [-0.2, -0.15) is 0 Å². The molecule has 0 aromatic heterocycles. The Labute approximate surface area is 123 Å². The lowest BCUT2D eigenvalue weighted by molar-refractivity contribution is -0.129. The number of hydrogen-bond donors (Lipinski definition) is 0. The van der Waals surface area contributed by atoms with Crippen molar-refractivity contribution in [3.8, 4) is 0 Å². The predicted molar refractivity (Wildman–Crippen MR) is 77.3 cm³/mol. The van der Waals surface area contributed by atoms with Crippen molar-refractivity contribution < 1.29 is 9.18 Å². The second-order valence-electron chi connectivity index (χ2n) is 4.44. The van der Waals surface area contributed by atoms with Crippen molar-refractivity contribution in [1.82, 2.24) is 4.90 Å². The van der Waals surface area contributed by atoms with Gasteiger partial charge in [0.15, 0.2) is 0 Å². The summed E-state index contributed by atoms with van der Waals surface area (Å²) in [6.45, 7) is 0.655. The number of amides is 1. The number of benzene rings is 1. The van der Waals surface area contributed by atoms with Crippen molar-refractivity contribution >= 4 is 29.1 Å². The number of unbranched alkanes of at least 4 members (excludes halogenated alkanes) is 2. The van der Waals surface area contributed by atoms with Crippen LogP contribution in [0.3, 0.4) is 0 Å². The second kappa shape index (κ2) is 8.39. The van der Waals surface area contributed by atoms with Gasteiger partial charge in [0.2, 0.25) is 5.91 Å².